The first-order valence-electron chi connectivity index (χ1n) is 9.48. The zero-order valence-corrected chi connectivity index (χ0v) is 19.6. The number of nitrogens with zero attached hydrogens (tertiary/aromatic N) is 2. The number of guanidine groups is 1. The lowest BCUT2D eigenvalue weighted by Crippen LogP contribution is -2.37. The number of aliphatic imine (C=N–C) groups is 1. The topological polar surface area (TPSA) is 62.9 Å². The third-order valence-electron chi connectivity index (χ3n) is 5.26. The predicted octanol–water partition coefficient (Wildman–Crippen LogP) is 4.32. The van der Waals surface area contributed by atoms with E-state index < -0.39 is 0 Å². The van der Waals surface area contributed by atoms with Crippen molar-refractivity contribution < 1.29 is 4.74 Å². The second-order valence-corrected chi connectivity index (χ2v) is 8.09. The molecule has 2 aromatic carbocycles. The Hall–Kier alpha value is -1.48. The van der Waals surface area contributed by atoms with E-state index in [2.05, 4.69) is 61.5 Å². The number of hydrogen-bond acceptors (Lipinski definition) is 3. The lowest BCUT2D eigenvalue weighted by molar-refractivity contribution is 0.262. The number of hydrogen-bond donors (Lipinski definition) is 2. The van der Waals surface area contributed by atoms with Crippen LogP contribution in [-0.2, 0) is 0 Å². The number of nitrogens with one attached hydrogen (secondary N) is 1. The van der Waals surface area contributed by atoms with Crippen LogP contribution in [0.1, 0.15) is 24.4 Å². The highest BCUT2D eigenvalue weighted by Crippen LogP contribution is 2.31. The van der Waals surface area contributed by atoms with Crippen molar-refractivity contribution >= 4 is 51.6 Å². The van der Waals surface area contributed by atoms with Crippen LogP contribution in [0.4, 0.5) is 5.69 Å². The molecule has 0 bridgehead atoms. The Kier molecular flexibility index (Phi) is 7.45. The van der Waals surface area contributed by atoms with Gasteiger partial charge in [-0.25, -0.2) is 0 Å². The molecule has 0 aromatic heterocycles. The van der Waals surface area contributed by atoms with Gasteiger partial charge >= 0.3 is 0 Å². The Balaban J connectivity index is 0.00000225. The highest BCUT2D eigenvalue weighted by molar-refractivity contribution is 14.0. The summed E-state index contributed by atoms with van der Waals surface area (Å²) in [5.41, 5.74) is 8.60. The molecule has 2 atom stereocenters. The lowest BCUT2D eigenvalue weighted by Gasteiger charge is -2.27. The molecular weight excluding hydrogens is 531 g/mol. The van der Waals surface area contributed by atoms with Gasteiger partial charge in [0.25, 0.3) is 0 Å². The molecule has 150 valence electrons. The summed E-state index contributed by atoms with van der Waals surface area (Å²) < 4.78 is 6.83. The molecule has 0 radical (unpaired) electrons. The van der Waals surface area contributed by atoms with Gasteiger partial charge in [0, 0.05) is 41.8 Å². The Morgan fingerprint density at radius 3 is 2.93 bits per heavy atom. The van der Waals surface area contributed by atoms with Crippen molar-refractivity contribution in [1.29, 1.82) is 0 Å². The van der Waals surface area contributed by atoms with E-state index in [9.17, 15) is 0 Å². The molecule has 2 aromatic rings. The van der Waals surface area contributed by atoms with Gasteiger partial charge in [0.1, 0.15) is 5.75 Å². The number of rotatable bonds is 4. The van der Waals surface area contributed by atoms with Gasteiger partial charge in [0.05, 0.1) is 12.6 Å². The zero-order valence-electron chi connectivity index (χ0n) is 15.7. The summed E-state index contributed by atoms with van der Waals surface area (Å²) in [7, 11) is 0. The summed E-state index contributed by atoms with van der Waals surface area (Å²) in [4.78, 5) is 7.05. The Labute approximate surface area is 191 Å². The summed E-state index contributed by atoms with van der Waals surface area (Å²) in [6.45, 7) is 3.55. The number of ether oxygens (including phenoxy) is 1. The molecular formula is C21H26BrIN4O. The first-order valence-corrected chi connectivity index (χ1v) is 10.3. The first kappa shape index (κ1) is 21.2. The van der Waals surface area contributed by atoms with Gasteiger partial charge in [0.2, 0.25) is 0 Å². The molecule has 0 amide bonds. The van der Waals surface area contributed by atoms with Gasteiger partial charge in [-0.2, -0.15) is 0 Å². The van der Waals surface area contributed by atoms with E-state index in [4.69, 9.17) is 10.5 Å². The van der Waals surface area contributed by atoms with E-state index in [-0.39, 0.29) is 30.0 Å². The summed E-state index contributed by atoms with van der Waals surface area (Å²) in [5.74, 6) is 2.00. The predicted molar refractivity (Wildman–Crippen MR) is 129 cm³/mol. The van der Waals surface area contributed by atoms with Crippen LogP contribution >= 0.6 is 39.9 Å². The molecule has 5 nitrogen and oxygen atoms in total. The lowest BCUT2D eigenvalue weighted by atomic mass is 10.0. The fourth-order valence-corrected chi connectivity index (χ4v) is 4.22. The van der Waals surface area contributed by atoms with Crippen molar-refractivity contribution in [3.05, 3.63) is 58.6 Å². The Morgan fingerprint density at radius 2 is 2.07 bits per heavy atom. The van der Waals surface area contributed by atoms with E-state index in [1.807, 2.05) is 18.2 Å². The minimum absolute atomic E-state index is 0. The van der Waals surface area contributed by atoms with Crippen LogP contribution in [0.5, 0.6) is 5.75 Å². The number of nitrogens with two attached hydrogens (primary N) is 1. The molecule has 2 heterocycles. The van der Waals surface area contributed by atoms with E-state index in [1.54, 1.807) is 0 Å². The molecule has 1 saturated heterocycles. The molecule has 28 heavy (non-hydrogen) atoms. The number of para-hydroxylation sites is 1. The van der Waals surface area contributed by atoms with Gasteiger partial charge < -0.3 is 20.7 Å². The number of benzene rings is 2. The average Bonchev–Trinajstić information content (AvgIpc) is 3.16. The third kappa shape index (κ3) is 5.11. The number of halogens is 2. The average molecular weight is 557 g/mol. The van der Waals surface area contributed by atoms with Crippen molar-refractivity contribution in [2.75, 3.05) is 31.1 Å². The SMILES string of the molecule is I.NC(=NCC1CCN(c2cccc(Br)c2)C1)NC1CCOc2ccccc21. The maximum Gasteiger partial charge on any atom is 0.189 e. The van der Waals surface area contributed by atoms with E-state index >= 15 is 0 Å². The number of anilines is 1. The van der Waals surface area contributed by atoms with Crippen LogP contribution in [0.2, 0.25) is 0 Å². The molecule has 2 aliphatic heterocycles. The molecule has 2 aliphatic rings. The molecule has 2 unspecified atom stereocenters. The van der Waals surface area contributed by atoms with E-state index in [0.717, 1.165) is 48.3 Å². The molecule has 4 rings (SSSR count). The molecule has 0 aliphatic carbocycles. The third-order valence-corrected chi connectivity index (χ3v) is 5.75. The van der Waals surface area contributed by atoms with Crippen molar-refractivity contribution in [2.24, 2.45) is 16.6 Å². The molecule has 0 spiro atoms. The summed E-state index contributed by atoms with van der Waals surface area (Å²) in [6, 6.07) is 16.8. The van der Waals surface area contributed by atoms with Gasteiger partial charge in [-0.15, -0.1) is 24.0 Å². The van der Waals surface area contributed by atoms with Crippen LogP contribution in [-0.4, -0.2) is 32.2 Å². The smallest absolute Gasteiger partial charge is 0.189 e. The van der Waals surface area contributed by atoms with Crippen LogP contribution < -0.4 is 20.7 Å². The van der Waals surface area contributed by atoms with E-state index in [1.165, 1.54) is 5.69 Å². The number of fused-ring (bicyclic) bond motifs is 1. The van der Waals surface area contributed by atoms with E-state index in [0.29, 0.717) is 18.5 Å². The normalized spacial score (nSPS) is 21.5. The van der Waals surface area contributed by atoms with Crippen LogP contribution in [0.25, 0.3) is 0 Å². The quantitative estimate of drug-likeness (QED) is 0.334. The molecule has 3 N–H and O–H groups in total. The van der Waals surface area contributed by atoms with Crippen molar-refractivity contribution in [3.63, 3.8) is 0 Å². The van der Waals surface area contributed by atoms with Gasteiger partial charge in [-0.3, -0.25) is 4.99 Å². The second kappa shape index (κ2) is 9.82. The zero-order chi connectivity index (χ0) is 18.6. The molecule has 0 saturated carbocycles. The largest absolute Gasteiger partial charge is 0.493 e. The van der Waals surface area contributed by atoms with Crippen molar-refractivity contribution in [2.45, 2.75) is 18.9 Å². The summed E-state index contributed by atoms with van der Waals surface area (Å²) in [6.07, 6.45) is 2.04. The van der Waals surface area contributed by atoms with Gasteiger partial charge in [-0.05, 0) is 36.6 Å². The fraction of sp³-hybridized carbons (Fsp3) is 0.381. The standard InChI is InChI=1S/C21H25BrN4O.HI/c22-16-4-3-5-17(12-16)26-10-8-15(14-26)13-24-21(23)25-19-9-11-27-20-7-2-1-6-18(19)20;/h1-7,12,15,19H,8-11,13-14H2,(H3,23,24,25);1H. The highest BCUT2D eigenvalue weighted by Gasteiger charge is 2.24. The van der Waals surface area contributed by atoms with Crippen LogP contribution in [0.15, 0.2) is 58.0 Å². The van der Waals surface area contributed by atoms with Gasteiger partial charge in [-0.1, -0.05) is 40.2 Å². The van der Waals surface area contributed by atoms with Crippen LogP contribution in [0, 0.1) is 5.92 Å². The summed E-state index contributed by atoms with van der Waals surface area (Å²) in [5, 5.41) is 3.38. The minimum Gasteiger partial charge on any atom is -0.493 e. The Bertz CT molecular complexity index is 832. The monoisotopic (exact) mass is 556 g/mol. The van der Waals surface area contributed by atoms with Crippen LogP contribution in [0.3, 0.4) is 0 Å². The summed E-state index contributed by atoms with van der Waals surface area (Å²) >= 11 is 3.55. The van der Waals surface area contributed by atoms with Gasteiger partial charge in [0.15, 0.2) is 5.96 Å². The molecule has 1 fully saturated rings. The maximum absolute atomic E-state index is 6.18. The second-order valence-electron chi connectivity index (χ2n) is 7.18. The minimum atomic E-state index is 0. The molecule has 7 heteroatoms. The maximum atomic E-state index is 6.18. The van der Waals surface area contributed by atoms with Crippen molar-refractivity contribution in [3.8, 4) is 5.75 Å². The highest BCUT2D eigenvalue weighted by atomic mass is 127. The first-order chi connectivity index (χ1) is 13.2. The van der Waals surface area contributed by atoms with Crippen molar-refractivity contribution in [1.82, 2.24) is 5.32 Å². The fourth-order valence-electron chi connectivity index (χ4n) is 3.83. The Morgan fingerprint density at radius 1 is 1.21 bits per heavy atom.